The molecule has 0 aromatic heterocycles. The maximum Gasteiger partial charge on any atom is 0.343 e. The van der Waals surface area contributed by atoms with Gasteiger partial charge in [0.25, 0.3) is 0 Å². The Morgan fingerprint density at radius 1 is 1.03 bits per heavy atom. The first-order valence-corrected chi connectivity index (χ1v) is 10.9. The molecule has 0 aliphatic carbocycles. The monoisotopic (exact) mass is 414 g/mol. The molecular weight excluding hydrogens is 383 g/mol. The number of halogens is 1. The van der Waals surface area contributed by atoms with Gasteiger partial charge in [0.05, 0.1) is 18.8 Å². The van der Waals surface area contributed by atoms with Crippen LogP contribution in [-0.4, -0.2) is 19.2 Å². The molecule has 1 heterocycles. The second kappa shape index (κ2) is 11.2. The average molecular weight is 415 g/mol. The van der Waals surface area contributed by atoms with Gasteiger partial charge < -0.3 is 14.2 Å². The van der Waals surface area contributed by atoms with Crippen molar-refractivity contribution in [1.82, 2.24) is 0 Å². The maximum absolute atomic E-state index is 14.6. The molecular formula is C25H31FO4. The van der Waals surface area contributed by atoms with Gasteiger partial charge in [-0.25, -0.2) is 9.18 Å². The highest BCUT2D eigenvalue weighted by atomic mass is 19.1. The molecule has 0 amide bonds. The highest BCUT2D eigenvalue weighted by Crippen LogP contribution is 2.28. The first-order chi connectivity index (χ1) is 14.6. The van der Waals surface area contributed by atoms with Crippen LogP contribution in [0.3, 0.4) is 0 Å². The Balaban J connectivity index is 1.56. The minimum absolute atomic E-state index is 0.155. The van der Waals surface area contributed by atoms with Crippen LogP contribution in [0, 0.1) is 11.7 Å². The van der Waals surface area contributed by atoms with Crippen LogP contribution in [0.4, 0.5) is 4.39 Å². The summed E-state index contributed by atoms with van der Waals surface area (Å²) in [7, 11) is 0. The molecule has 0 spiro atoms. The molecule has 1 aliphatic heterocycles. The number of hydrogen-bond donors (Lipinski definition) is 0. The van der Waals surface area contributed by atoms with Crippen molar-refractivity contribution in [2.45, 2.75) is 58.7 Å². The van der Waals surface area contributed by atoms with Crippen molar-refractivity contribution in [1.29, 1.82) is 0 Å². The molecule has 3 rings (SSSR count). The van der Waals surface area contributed by atoms with Gasteiger partial charge >= 0.3 is 5.97 Å². The van der Waals surface area contributed by atoms with Gasteiger partial charge in [0.1, 0.15) is 11.6 Å². The summed E-state index contributed by atoms with van der Waals surface area (Å²) < 4.78 is 31.2. The van der Waals surface area contributed by atoms with Crippen LogP contribution in [0.25, 0.3) is 0 Å². The van der Waals surface area contributed by atoms with E-state index >= 15 is 0 Å². The number of carbonyl (C=O) groups is 1. The predicted molar refractivity (Wildman–Crippen MR) is 114 cm³/mol. The summed E-state index contributed by atoms with van der Waals surface area (Å²) in [5.74, 6) is -0.341. The van der Waals surface area contributed by atoms with Crippen molar-refractivity contribution in [2.75, 3.05) is 13.2 Å². The number of esters is 1. The van der Waals surface area contributed by atoms with E-state index in [0.717, 1.165) is 19.3 Å². The molecule has 0 atom stereocenters. The summed E-state index contributed by atoms with van der Waals surface area (Å²) in [5.41, 5.74) is 1.68. The smallest absolute Gasteiger partial charge is 0.343 e. The third-order valence-electron chi connectivity index (χ3n) is 5.49. The van der Waals surface area contributed by atoms with Crippen LogP contribution >= 0.6 is 0 Å². The summed E-state index contributed by atoms with van der Waals surface area (Å²) >= 11 is 0. The fourth-order valence-corrected chi connectivity index (χ4v) is 3.45. The van der Waals surface area contributed by atoms with E-state index < -0.39 is 18.1 Å². The van der Waals surface area contributed by atoms with Gasteiger partial charge in [0.15, 0.2) is 6.29 Å². The molecule has 162 valence electrons. The fraction of sp³-hybridized carbons (Fsp3) is 0.480. The van der Waals surface area contributed by atoms with Gasteiger partial charge in [0.2, 0.25) is 0 Å². The van der Waals surface area contributed by atoms with Crippen LogP contribution in [0.1, 0.15) is 73.7 Å². The van der Waals surface area contributed by atoms with E-state index in [0.29, 0.717) is 30.4 Å². The Morgan fingerprint density at radius 2 is 1.77 bits per heavy atom. The maximum atomic E-state index is 14.6. The number of ether oxygens (including phenoxy) is 3. The Labute approximate surface area is 178 Å². The van der Waals surface area contributed by atoms with Crippen molar-refractivity contribution in [3.63, 3.8) is 0 Å². The van der Waals surface area contributed by atoms with E-state index in [1.165, 1.54) is 37.0 Å². The lowest BCUT2D eigenvalue weighted by Gasteiger charge is -2.29. The average Bonchev–Trinajstić information content (AvgIpc) is 2.78. The number of carbonyl (C=O) groups excluding carboxylic acids is 1. The SMILES string of the molecule is CCCCCCc1ccc(OC(=O)c2ccc(C3OCC(CC)CO3)c(F)c2)cc1. The predicted octanol–water partition coefficient (Wildman–Crippen LogP) is 6.24. The summed E-state index contributed by atoms with van der Waals surface area (Å²) in [6, 6.07) is 11.8. The number of benzene rings is 2. The standard InChI is InChI=1S/C25H31FO4/c1-3-5-6-7-8-19-9-12-21(13-10-19)30-24(27)20-11-14-22(23(26)15-20)25-28-16-18(4-2)17-29-25/h9-15,18,25H,3-8,16-17H2,1-2H3. The third kappa shape index (κ3) is 6.13. The molecule has 0 N–H and O–H groups in total. The van der Waals surface area contributed by atoms with Crippen LogP contribution in [-0.2, 0) is 15.9 Å². The first kappa shape index (κ1) is 22.4. The van der Waals surface area contributed by atoms with Crippen LogP contribution in [0.15, 0.2) is 42.5 Å². The molecule has 2 aromatic carbocycles. The van der Waals surface area contributed by atoms with Crippen molar-refractivity contribution in [3.8, 4) is 5.75 Å². The lowest BCUT2D eigenvalue weighted by molar-refractivity contribution is -0.206. The zero-order valence-corrected chi connectivity index (χ0v) is 17.9. The second-order valence-corrected chi connectivity index (χ2v) is 7.85. The van der Waals surface area contributed by atoms with Crippen molar-refractivity contribution < 1.29 is 23.4 Å². The minimum Gasteiger partial charge on any atom is -0.423 e. The van der Waals surface area contributed by atoms with Crippen molar-refractivity contribution in [3.05, 3.63) is 65.0 Å². The molecule has 0 bridgehead atoms. The van der Waals surface area contributed by atoms with Gasteiger partial charge in [-0.15, -0.1) is 0 Å². The van der Waals surface area contributed by atoms with Gasteiger partial charge in [0, 0.05) is 11.5 Å². The number of unbranched alkanes of at least 4 members (excludes halogenated alkanes) is 3. The molecule has 30 heavy (non-hydrogen) atoms. The van der Waals surface area contributed by atoms with Crippen LogP contribution in [0.5, 0.6) is 5.75 Å². The first-order valence-electron chi connectivity index (χ1n) is 10.9. The van der Waals surface area contributed by atoms with Gasteiger partial charge in [-0.3, -0.25) is 0 Å². The van der Waals surface area contributed by atoms with E-state index in [9.17, 15) is 9.18 Å². The van der Waals surface area contributed by atoms with Gasteiger partial charge in [-0.2, -0.15) is 0 Å². The molecule has 0 radical (unpaired) electrons. The summed E-state index contributed by atoms with van der Waals surface area (Å²) in [4.78, 5) is 12.4. The summed E-state index contributed by atoms with van der Waals surface area (Å²) in [6.07, 6.45) is 6.10. The van der Waals surface area contributed by atoms with Gasteiger partial charge in [-0.1, -0.05) is 51.3 Å². The van der Waals surface area contributed by atoms with E-state index in [4.69, 9.17) is 14.2 Å². The molecule has 1 aliphatic rings. The van der Waals surface area contributed by atoms with E-state index in [2.05, 4.69) is 13.8 Å². The molecule has 4 nitrogen and oxygen atoms in total. The van der Waals surface area contributed by atoms with Gasteiger partial charge in [-0.05, 0) is 49.1 Å². The lowest BCUT2D eigenvalue weighted by Crippen LogP contribution is -2.27. The molecule has 5 heteroatoms. The zero-order valence-electron chi connectivity index (χ0n) is 17.9. The zero-order chi connectivity index (χ0) is 21.3. The quantitative estimate of drug-likeness (QED) is 0.277. The Kier molecular flexibility index (Phi) is 8.40. The molecule has 0 saturated carbocycles. The van der Waals surface area contributed by atoms with Crippen LogP contribution in [0.2, 0.25) is 0 Å². The molecule has 0 unspecified atom stereocenters. The number of aryl methyl sites for hydroxylation is 1. The fourth-order valence-electron chi connectivity index (χ4n) is 3.45. The Morgan fingerprint density at radius 3 is 2.40 bits per heavy atom. The van der Waals surface area contributed by atoms with Crippen molar-refractivity contribution in [2.24, 2.45) is 5.92 Å². The summed E-state index contributed by atoms with van der Waals surface area (Å²) in [5, 5.41) is 0. The molecule has 1 fully saturated rings. The lowest BCUT2D eigenvalue weighted by atomic mass is 10.1. The van der Waals surface area contributed by atoms with E-state index in [1.807, 2.05) is 12.1 Å². The van der Waals surface area contributed by atoms with E-state index in [1.54, 1.807) is 18.2 Å². The normalized spacial score (nSPS) is 18.9. The molecule has 2 aromatic rings. The largest absolute Gasteiger partial charge is 0.423 e. The minimum atomic E-state index is -0.734. The molecule has 1 saturated heterocycles. The van der Waals surface area contributed by atoms with Crippen LogP contribution < -0.4 is 4.74 Å². The Bertz CT molecular complexity index is 810. The third-order valence-corrected chi connectivity index (χ3v) is 5.49. The number of rotatable bonds is 9. The van der Waals surface area contributed by atoms with Crippen molar-refractivity contribution >= 4 is 5.97 Å². The van der Waals surface area contributed by atoms with E-state index in [-0.39, 0.29) is 5.56 Å². The topological polar surface area (TPSA) is 44.8 Å². The second-order valence-electron chi connectivity index (χ2n) is 7.85. The Hall–Kier alpha value is -2.24. The highest BCUT2D eigenvalue weighted by molar-refractivity contribution is 5.91. The highest BCUT2D eigenvalue weighted by Gasteiger charge is 2.25. The summed E-state index contributed by atoms with van der Waals surface area (Å²) in [6.45, 7) is 5.35. The number of hydrogen-bond acceptors (Lipinski definition) is 4.